The minimum absolute atomic E-state index is 0.0162. The number of amides is 1. The van der Waals surface area contributed by atoms with Gasteiger partial charge in [-0.15, -0.1) is 11.3 Å². The number of rotatable bonds is 3. The van der Waals surface area contributed by atoms with Gasteiger partial charge < -0.3 is 4.90 Å². The minimum Gasteiger partial charge on any atom is -0.334 e. The standard InChI is InChI=1S/C14H15ClN2OS/c1-9-6-7-12(19-9)10(2)17(3)14(18)11-5-4-8-16-13(11)15/h4-8,10H,1-3H3. The highest BCUT2D eigenvalue weighted by Crippen LogP contribution is 2.28. The molecule has 19 heavy (non-hydrogen) atoms. The van der Waals surface area contributed by atoms with Gasteiger partial charge in [-0.2, -0.15) is 0 Å². The Kier molecular flexibility index (Phi) is 4.22. The molecule has 0 aliphatic carbocycles. The van der Waals surface area contributed by atoms with Gasteiger partial charge in [0.1, 0.15) is 5.15 Å². The Bertz CT molecular complexity index is 597. The van der Waals surface area contributed by atoms with Crippen molar-refractivity contribution in [3.63, 3.8) is 0 Å². The molecule has 2 aromatic rings. The van der Waals surface area contributed by atoms with Crippen LogP contribution in [-0.4, -0.2) is 22.8 Å². The van der Waals surface area contributed by atoms with Gasteiger partial charge in [-0.1, -0.05) is 11.6 Å². The summed E-state index contributed by atoms with van der Waals surface area (Å²) in [6, 6.07) is 7.54. The first-order valence-corrected chi connectivity index (χ1v) is 7.14. The third-order valence-corrected chi connectivity index (χ3v) is 4.54. The summed E-state index contributed by atoms with van der Waals surface area (Å²) in [4.78, 5) is 20.4. The van der Waals surface area contributed by atoms with E-state index in [0.717, 1.165) is 4.88 Å². The van der Waals surface area contributed by atoms with Crippen molar-refractivity contribution in [2.75, 3.05) is 7.05 Å². The summed E-state index contributed by atoms with van der Waals surface area (Å²) in [7, 11) is 1.78. The van der Waals surface area contributed by atoms with E-state index in [9.17, 15) is 4.79 Å². The highest BCUT2D eigenvalue weighted by atomic mass is 35.5. The molecule has 1 unspecified atom stereocenters. The number of carbonyl (C=O) groups excluding carboxylic acids is 1. The van der Waals surface area contributed by atoms with E-state index >= 15 is 0 Å². The summed E-state index contributed by atoms with van der Waals surface area (Å²) in [5.41, 5.74) is 0.437. The van der Waals surface area contributed by atoms with Crippen molar-refractivity contribution in [2.45, 2.75) is 19.9 Å². The Hall–Kier alpha value is -1.39. The fraction of sp³-hybridized carbons (Fsp3) is 0.286. The number of aryl methyl sites for hydroxylation is 1. The molecule has 2 rings (SSSR count). The summed E-state index contributed by atoms with van der Waals surface area (Å²) in [6.07, 6.45) is 1.57. The van der Waals surface area contributed by atoms with Crippen LogP contribution in [0, 0.1) is 6.92 Å². The van der Waals surface area contributed by atoms with Crippen LogP contribution < -0.4 is 0 Å². The van der Waals surface area contributed by atoms with Gasteiger partial charge in [-0.25, -0.2) is 4.98 Å². The van der Waals surface area contributed by atoms with Crippen molar-refractivity contribution < 1.29 is 4.79 Å². The Labute approximate surface area is 121 Å². The largest absolute Gasteiger partial charge is 0.334 e. The maximum absolute atomic E-state index is 12.4. The van der Waals surface area contributed by atoms with E-state index in [0.29, 0.717) is 5.56 Å². The third kappa shape index (κ3) is 2.96. The lowest BCUT2D eigenvalue weighted by Gasteiger charge is -2.24. The molecule has 0 saturated carbocycles. The summed E-state index contributed by atoms with van der Waals surface area (Å²) in [5, 5.41) is 0.244. The first-order valence-electron chi connectivity index (χ1n) is 5.94. The van der Waals surface area contributed by atoms with Crippen molar-refractivity contribution in [1.82, 2.24) is 9.88 Å². The van der Waals surface area contributed by atoms with Crippen LogP contribution in [0.4, 0.5) is 0 Å². The normalized spacial score (nSPS) is 12.2. The van der Waals surface area contributed by atoms with Crippen LogP contribution in [0.5, 0.6) is 0 Å². The molecule has 0 aliphatic rings. The molecule has 1 atom stereocenters. The van der Waals surface area contributed by atoms with Crippen molar-refractivity contribution in [1.29, 1.82) is 0 Å². The van der Waals surface area contributed by atoms with E-state index in [1.807, 2.05) is 6.92 Å². The molecule has 0 radical (unpaired) electrons. The summed E-state index contributed by atoms with van der Waals surface area (Å²) < 4.78 is 0. The van der Waals surface area contributed by atoms with Gasteiger partial charge >= 0.3 is 0 Å². The summed E-state index contributed by atoms with van der Waals surface area (Å²) in [5.74, 6) is -0.114. The van der Waals surface area contributed by atoms with E-state index in [4.69, 9.17) is 11.6 Å². The van der Waals surface area contributed by atoms with Crippen molar-refractivity contribution >= 4 is 28.8 Å². The molecule has 2 heterocycles. The number of nitrogens with zero attached hydrogens (tertiary/aromatic N) is 2. The van der Waals surface area contributed by atoms with E-state index in [1.165, 1.54) is 4.88 Å². The first-order chi connectivity index (χ1) is 9.00. The van der Waals surface area contributed by atoms with Crippen LogP contribution in [0.2, 0.25) is 5.15 Å². The molecule has 100 valence electrons. The van der Waals surface area contributed by atoms with Crippen LogP contribution >= 0.6 is 22.9 Å². The molecule has 2 aromatic heterocycles. The van der Waals surface area contributed by atoms with E-state index in [-0.39, 0.29) is 17.1 Å². The van der Waals surface area contributed by atoms with Crippen LogP contribution in [0.25, 0.3) is 0 Å². The third-order valence-electron chi connectivity index (χ3n) is 3.06. The molecule has 3 nitrogen and oxygen atoms in total. The van der Waals surface area contributed by atoms with Crippen LogP contribution in [0.15, 0.2) is 30.5 Å². The zero-order chi connectivity index (χ0) is 14.0. The van der Waals surface area contributed by atoms with Crippen LogP contribution in [0.3, 0.4) is 0 Å². The molecular formula is C14H15ClN2OS. The number of thiophene rings is 1. The number of hydrogen-bond donors (Lipinski definition) is 0. The maximum atomic E-state index is 12.4. The van der Waals surface area contributed by atoms with E-state index < -0.39 is 0 Å². The lowest BCUT2D eigenvalue weighted by atomic mass is 10.2. The number of halogens is 1. The Morgan fingerprint density at radius 1 is 1.42 bits per heavy atom. The van der Waals surface area contributed by atoms with Gasteiger partial charge in [-0.3, -0.25) is 4.79 Å². The average Bonchev–Trinajstić information content (AvgIpc) is 2.83. The predicted molar refractivity (Wildman–Crippen MR) is 78.8 cm³/mol. The highest BCUT2D eigenvalue weighted by Gasteiger charge is 2.21. The second-order valence-electron chi connectivity index (χ2n) is 4.38. The maximum Gasteiger partial charge on any atom is 0.257 e. The molecule has 0 N–H and O–H groups in total. The zero-order valence-corrected chi connectivity index (χ0v) is 12.6. The van der Waals surface area contributed by atoms with E-state index in [1.54, 1.807) is 41.6 Å². The lowest BCUT2D eigenvalue weighted by molar-refractivity contribution is 0.0744. The molecule has 0 spiro atoms. The monoisotopic (exact) mass is 294 g/mol. The molecule has 0 aliphatic heterocycles. The number of pyridine rings is 1. The van der Waals surface area contributed by atoms with Crippen molar-refractivity contribution in [3.8, 4) is 0 Å². The van der Waals surface area contributed by atoms with Gasteiger partial charge in [-0.05, 0) is 38.1 Å². The Balaban J connectivity index is 2.22. The van der Waals surface area contributed by atoms with Gasteiger partial charge in [0.2, 0.25) is 0 Å². The van der Waals surface area contributed by atoms with Gasteiger partial charge in [0, 0.05) is 23.0 Å². The molecule has 0 bridgehead atoms. The van der Waals surface area contributed by atoms with Crippen LogP contribution in [-0.2, 0) is 0 Å². The van der Waals surface area contributed by atoms with Crippen molar-refractivity contribution in [3.05, 3.63) is 50.9 Å². The van der Waals surface area contributed by atoms with Gasteiger partial charge in [0.05, 0.1) is 11.6 Å². The van der Waals surface area contributed by atoms with Gasteiger partial charge in [0.15, 0.2) is 0 Å². The smallest absolute Gasteiger partial charge is 0.257 e. The number of hydrogen-bond acceptors (Lipinski definition) is 3. The minimum atomic E-state index is -0.114. The van der Waals surface area contributed by atoms with Crippen molar-refractivity contribution in [2.24, 2.45) is 0 Å². The topological polar surface area (TPSA) is 33.2 Å². The molecule has 0 aromatic carbocycles. The predicted octanol–water partition coefficient (Wildman–Crippen LogP) is 3.94. The van der Waals surface area contributed by atoms with E-state index in [2.05, 4.69) is 24.0 Å². The second kappa shape index (κ2) is 5.72. The van der Waals surface area contributed by atoms with Gasteiger partial charge in [0.25, 0.3) is 5.91 Å². The summed E-state index contributed by atoms with van der Waals surface area (Å²) in [6.45, 7) is 4.06. The fourth-order valence-corrected chi connectivity index (χ4v) is 2.95. The molecule has 5 heteroatoms. The first kappa shape index (κ1) is 14.0. The lowest BCUT2D eigenvalue weighted by Crippen LogP contribution is -2.29. The Morgan fingerprint density at radius 3 is 2.74 bits per heavy atom. The second-order valence-corrected chi connectivity index (χ2v) is 6.06. The highest BCUT2D eigenvalue weighted by molar-refractivity contribution is 7.12. The average molecular weight is 295 g/mol. The summed E-state index contributed by atoms with van der Waals surface area (Å²) >= 11 is 7.66. The SMILES string of the molecule is Cc1ccc(C(C)N(C)C(=O)c2cccnc2Cl)s1. The molecular weight excluding hydrogens is 280 g/mol. The molecule has 1 amide bonds. The fourth-order valence-electron chi connectivity index (χ4n) is 1.78. The van der Waals surface area contributed by atoms with Crippen LogP contribution in [0.1, 0.15) is 33.1 Å². The zero-order valence-electron chi connectivity index (χ0n) is 11.1. The molecule has 0 saturated heterocycles. The molecule has 0 fully saturated rings. The number of aromatic nitrogens is 1. The number of carbonyl (C=O) groups is 1. The quantitative estimate of drug-likeness (QED) is 0.803. The Morgan fingerprint density at radius 2 is 2.16 bits per heavy atom.